The predicted molar refractivity (Wildman–Crippen MR) is 71.7 cm³/mol. The Hall–Kier alpha value is -2.08. The van der Waals surface area contributed by atoms with Crippen molar-refractivity contribution in [2.45, 2.75) is 33.3 Å². The number of nitrogens with one attached hydrogen (secondary N) is 1. The molecule has 19 heavy (non-hydrogen) atoms. The van der Waals surface area contributed by atoms with Crippen LogP contribution in [-0.4, -0.2) is 9.97 Å². The van der Waals surface area contributed by atoms with Crippen LogP contribution in [0.3, 0.4) is 0 Å². The van der Waals surface area contributed by atoms with Crippen LogP contribution in [0.1, 0.15) is 36.9 Å². The maximum absolute atomic E-state index is 5.67. The van der Waals surface area contributed by atoms with Crippen LogP contribution < -0.4 is 16.0 Å². The van der Waals surface area contributed by atoms with Gasteiger partial charge in [0.05, 0.1) is 11.8 Å². The summed E-state index contributed by atoms with van der Waals surface area (Å²) >= 11 is 0. The maximum atomic E-state index is 5.67. The molecular formula is C13H18N4O2. The van der Waals surface area contributed by atoms with Crippen molar-refractivity contribution >= 4 is 5.82 Å². The van der Waals surface area contributed by atoms with Crippen molar-refractivity contribution in [2.24, 2.45) is 5.84 Å². The van der Waals surface area contributed by atoms with E-state index in [4.69, 9.17) is 15.0 Å². The quantitative estimate of drug-likeness (QED) is 0.635. The standard InChI is InChI=1S/C13H18N4O2/c1-8(2)11-15-12(17-14)9(3)13(16-11)19-7-10-5-4-6-18-10/h4-6,8H,7,14H2,1-3H3,(H,15,16,17). The highest BCUT2D eigenvalue weighted by Crippen LogP contribution is 2.24. The molecule has 2 rings (SSSR count). The fourth-order valence-corrected chi connectivity index (χ4v) is 1.59. The van der Waals surface area contributed by atoms with Gasteiger partial charge in [-0.05, 0) is 19.1 Å². The van der Waals surface area contributed by atoms with E-state index < -0.39 is 0 Å². The van der Waals surface area contributed by atoms with Crippen LogP contribution in [0.2, 0.25) is 0 Å². The summed E-state index contributed by atoms with van der Waals surface area (Å²) in [4.78, 5) is 8.75. The Balaban J connectivity index is 2.24. The Morgan fingerprint density at radius 3 is 2.79 bits per heavy atom. The topological polar surface area (TPSA) is 86.2 Å². The van der Waals surface area contributed by atoms with Crippen LogP contribution in [-0.2, 0) is 6.61 Å². The Morgan fingerprint density at radius 1 is 1.42 bits per heavy atom. The first-order valence-corrected chi connectivity index (χ1v) is 6.12. The largest absolute Gasteiger partial charge is 0.469 e. The lowest BCUT2D eigenvalue weighted by atomic mass is 10.2. The van der Waals surface area contributed by atoms with Crippen molar-refractivity contribution in [1.29, 1.82) is 0 Å². The summed E-state index contributed by atoms with van der Waals surface area (Å²) in [5.41, 5.74) is 3.35. The summed E-state index contributed by atoms with van der Waals surface area (Å²) in [7, 11) is 0. The minimum atomic E-state index is 0.193. The van der Waals surface area contributed by atoms with E-state index in [0.717, 1.165) is 11.3 Å². The van der Waals surface area contributed by atoms with Gasteiger partial charge in [-0.1, -0.05) is 13.8 Å². The first-order valence-electron chi connectivity index (χ1n) is 6.12. The summed E-state index contributed by atoms with van der Waals surface area (Å²) in [5, 5.41) is 0. The molecule has 0 amide bonds. The lowest BCUT2D eigenvalue weighted by molar-refractivity contribution is 0.257. The van der Waals surface area contributed by atoms with Gasteiger partial charge in [-0.15, -0.1) is 0 Å². The summed E-state index contributed by atoms with van der Waals surface area (Å²) in [6.45, 7) is 6.21. The molecule has 2 heterocycles. The molecule has 3 N–H and O–H groups in total. The Labute approximate surface area is 112 Å². The Kier molecular flexibility index (Phi) is 4.01. The molecule has 0 atom stereocenters. The van der Waals surface area contributed by atoms with Gasteiger partial charge in [0, 0.05) is 5.92 Å². The normalized spacial score (nSPS) is 10.8. The van der Waals surface area contributed by atoms with Gasteiger partial charge in [-0.2, -0.15) is 4.98 Å². The van der Waals surface area contributed by atoms with Crippen LogP contribution in [0.25, 0.3) is 0 Å². The van der Waals surface area contributed by atoms with E-state index in [9.17, 15) is 0 Å². The van der Waals surface area contributed by atoms with E-state index >= 15 is 0 Å². The molecule has 102 valence electrons. The number of nitrogen functional groups attached to an aromatic ring is 1. The van der Waals surface area contributed by atoms with Gasteiger partial charge >= 0.3 is 0 Å². The van der Waals surface area contributed by atoms with Crippen LogP contribution in [0.15, 0.2) is 22.8 Å². The average molecular weight is 262 g/mol. The lowest BCUT2D eigenvalue weighted by Crippen LogP contribution is -2.14. The number of ether oxygens (including phenoxy) is 1. The number of anilines is 1. The highest BCUT2D eigenvalue weighted by Gasteiger charge is 2.14. The van der Waals surface area contributed by atoms with E-state index in [-0.39, 0.29) is 5.92 Å². The smallest absolute Gasteiger partial charge is 0.222 e. The van der Waals surface area contributed by atoms with E-state index in [0.29, 0.717) is 24.1 Å². The molecule has 2 aromatic heterocycles. The number of nitrogens with zero attached hydrogens (tertiary/aromatic N) is 2. The van der Waals surface area contributed by atoms with Gasteiger partial charge in [0.15, 0.2) is 0 Å². The van der Waals surface area contributed by atoms with Crippen LogP contribution in [0, 0.1) is 6.92 Å². The number of aromatic nitrogens is 2. The van der Waals surface area contributed by atoms with Gasteiger partial charge < -0.3 is 14.6 Å². The van der Waals surface area contributed by atoms with Crippen molar-refractivity contribution < 1.29 is 9.15 Å². The van der Waals surface area contributed by atoms with Crippen LogP contribution in [0.5, 0.6) is 5.88 Å². The Morgan fingerprint density at radius 2 is 2.21 bits per heavy atom. The predicted octanol–water partition coefficient (Wildman–Crippen LogP) is 2.37. The number of hydrogen-bond donors (Lipinski definition) is 2. The number of rotatable bonds is 5. The fourth-order valence-electron chi connectivity index (χ4n) is 1.59. The molecule has 0 radical (unpaired) electrons. The Bertz CT molecular complexity index is 538. The molecule has 2 aromatic rings. The molecule has 0 fully saturated rings. The number of nitrogens with two attached hydrogens (primary N) is 1. The van der Waals surface area contributed by atoms with Gasteiger partial charge in [0.25, 0.3) is 0 Å². The molecule has 0 spiro atoms. The zero-order valence-corrected chi connectivity index (χ0v) is 11.3. The van der Waals surface area contributed by atoms with Gasteiger partial charge in [-0.3, -0.25) is 0 Å². The van der Waals surface area contributed by atoms with Crippen LogP contribution >= 0.6 is 0 Å². The van der Waals surface area contributed by atoms with Gasteiger partial charge in [0.2, 0.25) is 5.88 Å². The monoisotopic (exact) mass is 262 g/mol. The summed E-state index contributed by atoms with van der Waals surface area (Å²) in [6.07, 6.45) is 1.61. The molecular weight excluding hydrogens is 244 g/mol. The lowest BCUT2D eigenvalue weighted by Gasteiger charge is -2.13. The van der Waals surface area contributed by atoms with Crippen LogP contribution in [0.4, 0.5) is 5.82 Å². The molecule has 0 bridgehead atoms. The van der Waals surface area contributed by atoms with E-state index in [1.54, 1.807) is 6.26 Å². The van der Waals surface area contributed by atoms with Crippen molar-refractivity contribution in [2.75, 3.05) is 5.43 Å². The molecule has 6 nitrogen and oxygen atoms in total. The minimum Gasteiger partial charge on any atom is -0.469 e. The maximum Gasteiger partial charge on any atom is 0.222 e. The van der Waals surface area contributed by atoms with Crippen molar-refractivity contribution in [3.8, 4) is 5.88 Å². The molecule has 6 heteroatoms. The van der Waals surface area contributed by atoms with E-state index in [2.05, 4.69) is 15.4 Å². The molecule has 0 saturated heterocycles. The van der Waals surface area contributed by atoms with Crippen molar-refractivity contribution in [3.63, 3.8) is 0 Å². The first-order chi connectivity index (χ1) is 9.11. The van der Waals surface area contributed by atoms with Crippen molar-refractivity contribution in [1.82, 2.24) is 9.97 Å². The summed E-state index contributed by atoms with van der Waals surface area (Å²) < 4.78 is 10.9. The average Bonchev–Trinajstić information content (AvgIpc) is 2.90. The van der Waals surface area contributed by atoms with E-state index in [1.165, 1.54) is 0 Å². The minimum absolute atomic E-state index is 0.193. The first kappa shape index (κ1) is 13.4. The summed E-state index contributed by atoms with van der Waals surface area (Å²) in [6, 6.07) is 3.67. The second kappa shape index (κ2) is 5.71. The second-order valence-electron chi connectivity index (χ2n) is 4.53. The fraction of sp³-hybridized carbons (Fsp3) is 0.385. The molecule has 0 aromatic carbocycles. The molecule has 0 aliphatic heterocycles. The SMILES string of the molecule is Cc1c(NN)nc(C(C)C)nc1OCc1ccco1. The molecule has 0 aliphatic carbocycles. The third-order valence-corrected chi connectivity index (χ3v) is 2.70. The third kappa shape index (κ3) is 3.03. The highest BCUT2D eigenvalue weighted by molar-refractivity contribution is 5.47. The zero-order chi connectivity index (χ0) is 13.8. The molecule has 0 unspecified atom stereocenters. The van der Waals surface area contributed by atoms with E-state index in [1.807, 2.05) is 32.9 Å². The zero-order valence-electron chi connectivity index (χ0n) is 11.3. The summed E-state index contributed by atoms with van der Waals surface area (Å²) in [5.74, 6) is 8.18. The van der Waals surface area contributed by atoms with Gasteiger partial charge in [0.1, 0.15) is 24.0 Å². The number of furan rings is 1. The molecule has 0 saturated carbocycles. The second-order valence-corrected chi connectivity index (χ2v) is 4.53. The number of hydrogen-bond acceptors (Lipinski definition) is 6. The number of hydrazine groups is 1. The van der Waals surface area contributed by atoms with Crippen molar-refractivity contribution in [3.05, 3.63) is 35.5 Å². The van der Waals surface area contributed by atoms with Gasteiger partial charge in [-0.25, -0.2) is 10.8 Å². The third-order valence-electron chi connectivity index (χ3n) is 2.70. The molecule has 0 aliphatic rings. The highest BCUT2D eigenvalue weighted by atomic mass is 16.5.